The fourth-order valence-electron chi connectivity index (χ4n) is 4.20. The van der Waals surface area contributed by atoms with E-state index in [9.17, 15) is 19.5 Å². The van der Waals surface area contributed by atoms with Crippen molar-refractivity contribution in [1.29, 1.82) is 0 Å². The highest BCUT2D eigenvalue weighted by Crippen LogP contribution is 2.30. The molecule has 0 aliphatic carbocycles. The Hall–Kier alpha value is -4.72. The van der Waals surface area contributed by atoms with E-state index in [1.54, 1.807) is 35.0 Å². The number of rotatable bonds is 3. The number of aromatic nitrogens is 2. The van der Waals surface area contributed by atoms with Gasteiger partial charge in [0.25, 0.3) is 5.91 Å². The first kappa shape index (κ1) is 21.1. The normalized spacial score (nSPS) is 11.1. The van der Waals surface area contributed by atoms with Crippen molar-refractivity contribution in [3.8, 4) is 5.75 Å². The molecule has 0 atom stereocenters. The van der Waals surface area contributed by atoms with E-state index in [1.807, 2.05) is 37.3 Å². The van der Waals surface area contributed by atoms with E-state index in [0.717, 1.165) is 10.8 Å². The summed E-state index contributed by atoms with van der Waals surface area (Å²) in [5.41, 5.74) is 0.673. The van der Waals surface area contributed by atoms with E-state index < -0.39 is 17.4 Å². The summed E-state index contributed by atoms with van der Waals surface area (Å²) in [6.07, 6.45) is 2.98. The second kappa shape index (κ2) is 8.32. The molecule has 0 aliphatic heterocycles. The minimum atomic E-state index is -0.836. The molecule has 3 N–H and O–H groups in total. The van der Waals surface area contributed by atoms with Crippen molar-refractivity contribution >= 4 is 50.2 Å². The number of urea groups is 1. The van der Waals surface area contributed by atoms with Crippen LogP contribution in [0.3, 0.4) is 0 Å². The molecule has 0 saturated heterocycles. The molecular formula is C26H20N4O4. The summed E-state index contributed by atoms with van der Waals surface area (Å²) in [6, 6.07) is 17.0. The first-order valence-electron chi connectivity index (χ1n) is 10.7. The van der Waals surface area contributed by atoms with Crippen LogP contribution in [0.4, 0.5) is 10.5 Å². The fraction of sp³-hybridized carbons (Fsp3) is 0.0769. The number of hydrogen-bond donors (Lipinski definition) is 3. The van der Waals surface area contributed by atoms with Crippen LogP contribution >= 0.6 is 0 Å². The molecule has 0 aliphatic rings. The first-order valence-corrected chi connectivity index (χ1v) is 10.7. The number of nitrogens with one attached hydrogen (secondary N) is 2. The predicted octanol–water partition coefficient (Wildman–Crippen LogP) is 4.39. The maximum Gasteiger partial charge on any atom is 0.326 e. The third kappa shape index (κ3) is 3.51. The number of pyridine rings is 2. The Balaban J connectivity index is 1.52. The number of hydrogen-bond acceptors (Lipinski definition) is 5. The lowest BCUT2D eigenvalue weighted by Gasteiger charge is -2.14. The van der Waals surface area contributed by atoms with Gasteiger partial charge in [-0.15, -0.1) is 0 Å². The Bertz CT molecular complexity index is 1670. The quantitative estimate of drug-likeness (QED) is 0.352. The van der Waals surface area contributed by atoms with Crippen LogP contribution in [0.2, 0.25) is 0 Å². The summed E-state index contributed by atoms with van der Waals surface area (Å²) in [6.45, 7) is 2.32. The minimum absolute atomic E-state index is 0.158. The van der Waals surface area contributed by atoms with Crippen molar-refractivity contribution < 1.29 is 14.7 Å². The highest BCUT2D eigenvalue weighted by molar-refractivity contribution is 6.13. The lowest BCUT2D eigenvalue weighted by atomic mass is 10.1. The number of phenolic OH excluding ortho intramolecular Hbond substituents is 1. The summed E-state index contributed by atoms with van der Waals surface area (Å²) in [4.78, 5) is 42.9. The lowest BCUT2D eigenvalue weighted by molar-refractivity contribution is 0.0965. The number of carbonyl (C=O) groups is 2. The molecule has 3 aromatic carbocycles. The van der Waals surface area contributed by atoms with Crippen molar-refractivity contribution in [3.63, 3.8) is 0 Å². The molecule has 5 rings (SSSR count). The van der Waals surface area contributed by atoms with Crippen molar-refractivity contribution in [2.75, 3.05) is 5.32 Å². The molecule has 0 saturated carbocycles. The summed E-state index contributed by atoms with van der Waals surface area (Å²) < 4.78 is 1.73. The molecule has 5 aromatic rings. The number of phenols is 1. The van der Waals surface area contributed by atoms with Crippen molar-refractivity contribution in [1.82, 2.24) is 14.9 Å². The van der Waals surface area contributed by atoms with Crippen LogP contribution in [0, 0.1) is 0 Å². The predicted molar refractivity (Wildman–Crippen MR) is 131 cm³/mol. The molecule has 0 fully saturated rings. The Labute approximate surface area is 193 Å². The number of aryl methyl sites for hydroxylation is 1. The standard InChI is InChI=1S/C26H20N4O4/c1-2-30-14-19(24(32)18-13-21(31)22-17(23(18)30)10-6-12-27-22)25(33)29-26(34)28-20-11-5-8-15-7-3-4-9-16(15)20/h3-14,31H,2H2,1H3,(H2,28,29,33,34). The van der Waals surface area contributed by atoms with Gasteiger partial charge in [0.05, 0.1) is 16.6 Å². The lowest BCUT2D eigenvalue weighted by Crippen LogP contribution is -2.37. The van der Waals surface area contributed by atoms with Crippen LogP contribution in [0.1, 0.15) is 17.3 Å². The van der Waals surface area contributed by atoms with Crippen LogP contribution in [0.25, 0.3) is 32.6 Å². The number of imide groups is 1. The largest absolute Gasteiger partial charge is 0.506 e. The van der Waals surface area contributed by atoms with Gasteiger partial charge in [0.1, 0.15) is 16.8 Å². The van der Waals surface area contributed by atoms with Crippen LogP contribution in [-0.2, 0) is 6.54 Å². The van der Waals surface area contributed by atoms with Crippen molar-refractivity contribution in [2.45, 2.75) is 13.5 Å². The number of aromatic hydroxyl groups is 1. The number of amides is 3. The summed E-state index contributed by atoms with van der Waals surface area (Å²) in [7, 11) is 0. The zero-order valence-electron chi connectivity index (χ0n) is 18.2. The Morgan fingerprint density at radius 2 is 1.76 bits per heavy atom. The second-order valence-corrected chi connectivity index (χ2v) is 7.78. The van der Waals surface area contributed by atoms with Gasteiger partial charge in [0, 0.05) is 29.7 Å². The molecule has 0 spiro atoms. The molecule has 168 valence electrons. The van der Waals surface area contributed by atoms with Gasteiger partial charge in [-0.1, -0.05) is 36.4 Å². The highest BCUT2D eigenvalue weighted by Gasteiger charge is 2.20. The molecular weight excluding hydrogens is 432 g/mol. The molecule has 8 heteroatoms. The fourth-order valence-corrected chi connectivity index (χ4v) is 4.20. The Morgan fingerprint density at radius 3 is 2.59 bits per heavy atom. The molecule has 8 nitrogen and oxygen atoms in total. The monoisotopic (exact) mass is 452 g/mol. The van der Waals surface area contributed by atoms with Gasteiger partial charge in [-0.3, -0.25) is 19.9 Å². The van der Waals surface area contributed by atoms with E-state index in [4.69, 9.17) is 0 Å². The van der Waals surface area contributed by atoms with Crippen molar-refractivity contribution in [2.24, 2.45) is 0 Å². The van der Waals surface area contributed by atoms with E-state index in [2.05, 4.69) is 15.6 Å². The smallest absolute Gasteiger partial charge is 0.326 e. The van der Waals surface area contributed by atoms with Gasteiger partial charge in [0.2, 0.25) is 5.43 Å². The van der Waals surface area contributed by atoms with E-state index in [1.165, 1.54) is 12.3 Å². The number of nitrogens with zero attached hydrogens (tertiary/aromatic N) is 2. The third-order valence-electron chi connectivity index (χ3n) is 5.75. The van der Waals surface area contributed by atoms with Gasteiger partial charge in [-0.2, -0.15) is 0 Å². The molecule has 2 aromatic heterocycles. The SMILES string of the molecule is CCn1cc(C(=O)NC(=O)Nc2cccc3ccccc23)c(=O)c2cc(O)c3ncccc3c21. The number of anilines is 1. The Morgan fingerprint density at radius 1 is 1.00 bits per heavy atom. The summed E-state index contributed by atoms with van der Waals surface area (Å²) >= 11 is 0. The summed E-state index contributed by atoms with van der Waals surface area (Å²) in [5.74, 6) is -0.994. The van der Waals surface area contributed by atoms with Gasteiger partial charge < -0.3 is 15.0 Å². The van der Waals surface area contributed by atoms with Gasteiger partial charge in [-0.05, 0) is 36.6 Å². The minimum Gasteiger partial charge on any atom is -0.506 e. The molecule has 3 amide bonds. The summed E-state index contributed by atoms with van der Waals surface area (Å²) in [5, 5.41) is 17.8. The van der Waals surface area contributed by atoms with E-state index >= 15 is 0 Å². The number of carbonyl (C=O) groups excluding carboxylic acids is 2. The molecule has 0 unspecified atom stereocenters. The second-order valence-electron chi connectivity index (χ2n) is 7.78. The molecule has 2 heterocycles. The van der Waals surface area contributed by atoms with Crippen LogP contribution < -0.4 is 16.1 Å². The first-order chi connectivity index (χ1) is 16.5. The topological polar surface area (TPSA) is 113 Å². The van der Waals surface area contributed by atoms with E-state index in [-0.39, 0.29) is 16.7 Å². The van der Waals surface area contributed by atoms with E-state index in [0.29, 0.717) is 28.7 Å². The molecule has 0 bridgehead atoms. The average Bonchev–Trinajstić information content (AvgIpc) is 2.85. The third-order valence-corrected chi connectivity index (χ3v) is 5.75. The molecule has 0 radical (unpaired) electrons. The van der Waals surface area contributed by atoms with Crippen LogP contribution in [0.5, 0.6) is 5.75 Å². The highest BCUT2D eigenvalue weighted by atomic mass is 16.3. The maximum absolute atomic E-state index is 13.2. The van der Waals surface area contributed by atoms with Gasteiger partial charge in [-0.25, -0.2) is 4.79 Å². The Kier molecular flexibility index (Phi) is 5.18. The zero-order chi connectivity index (χ0) is 23.8. The van der Waals surface area contributed by atoms with Crippen LogP contribution in [-0.4, -0.2) is 26.6 Å². The zero-order valence-corrected chi connectivity index (χ0v) is 18.2. The number of fused-ring (bicyclic) bond motifs is 4. The average molecular weight is 452 g/mol. The molecule has 34 heavy (non-hydrogen) atoms. The van der Waals surface area contributed by atoms with Gasteiger partial charge in [0.15, 0.2) is 0 Å². The van der Waals surface area contributed by atoms with Crippen molar-refractivity contribution in [3.05, 3.63) is 88.8 Å². The number of benzene rings is 3. The van der Waals surface area contributed by atoms with Crippen LogP contribution in [0.15, 0.2) is 77.9 Å². The van der Waals surface area contributed by atoms with Gasteiger partial charge >= 0.3 is 6.03 Å². The maximum atomic E-state index is 13.2.